The van der Waals surface area contributed by atoms with Gasteiger partial charge in [0, 0.05) is 60.6 Å². The summed E-state index contributed by atoms with van der Waals surface area (Å²) in [7, 11) is 0. The van der Waals surface area contributed by atoms with Crippen molar-refractivity contribution in [3.05, 3.63) is 83.3 Å². The molecule has 6 N–H and O–H groups in total. The molecular formula is C45H53N11O4. The van der Waals surface area contributed by atoms with Gasteiger partial charge in [-0.2, -0.15) is 10.2 Å². The lowest BCUT2D eigenvalue weighted by Gasteiger charge is -2.32. The molecule has 1 aliphatic carbocycles. The molecule has 2 unspecified atom stereocenters. The second-order valence-electron chi connectivity index (χ2n) is 16.1. The molecule has 312 valence electrons. The summed E-state index contributed by atoms with van der Waals surface area (Å²) >= 11 is 0. The fourth-order valence-corrected chi connectivity index (χ4v) is 9.10. The Bertz CT molecular complexity index is 2280. The molecule has 3 amide bonds. The number of rotatable bonds is 16. The van der Waals surface area contributed by atoms with Crippen LogP contribution in [0.25, 0.3) is 16.6 Å². The Hall–Kier alpha value is -6.11. The smallest absolute Gasteiger partial charge is 0.264 e. The molecule has 4 aromatic rings. The number of hydrogen-bond donors (Lipinski definition) is 5. The quantitative estimate of drug-likeness (QED) is 0.0525. The van der Waals surface area contributed by atoms with Gasteiger partial charge in [0.2, 0.25) is 11.9 Å². The van der Waals surface area contributed by atoms with Gasteiger partial charge in [-0.05, 0) is 99.3 Å². The number of amides is 3. The Kier molecular flexibility index (Phi) is 12.8. The maximum absolute atomic E-state index is 13.3. The number of hydrogen-bond acceptors (Lipinski definition) is 12. The van der Waals surface area contributed by atoms with E-state index >= 15 is 0 Å². The molecule has 2 aromatic heterocycles. The van der Waals surface area contributed by atoms with Crippen LogP contribution in [0.3, 0.4) is 0 Å². The second kappa shape index (κ2) is 18.9. The van der Waals surface area contributed by atoms with Gasteiger partial charge in [0.1, 0.15) is 11.7 Å². The van der Waals surface area contributed by atoms with E-state index in [0.29, 0.717) is 90.7 Å². The number of carbonyl (C=O) groups excluding carboxylic acids is 3. The van der Waals surface area contributed by atoms with Crippen LogP contribution in [0.4, 0.5) is 17.3 Å². The first-order valence-electron chi connectivity index (χ1n) is 21.3. The number of benzene rings is 2. The lowest BCUT2D eigenvalue weighted by atomic mass is 9.89. The molecule has 3 fully saturated rings. The number of fused-ring (bicyclic) bond motifs is 2. The van der Waals surface area contributed by atoms with Gasteiger partial charge in [-0.25, -0.2) is 4.98 Å². The zero-order valence-electron chi connectivity index (χ0n) is 33.9. The number of aliphatic imine (C=N–C) groups is 1. The van der Waals surface area contributed by atoms with Crippen molar-refractivity contribution in [3.8, 4) is 6.07 Å². The number of nitriles is 1. The fourth-order valence-electron chi connectivity index (χ4n) is 9.10. The summed E-state index contributed by atoms with van der Waals surface area (Å²) in [5.74, 6) is 0.217. The van der Waals surface area contributed by atoms with Crippen molar-refractivity contribution in [3.63, 3.8) is 0 Å². The minimum Gasteiger partial charge on any atom is -0.404 e. The maximum Gasteiger partial charge on any atom is 0.264 e. The number of ether oxygens (including phenoxy) is 1. The molecule has 2 aromatic carbocycles. The topological polar surface area (TPSA) is 207 Å². The number of allylic oxidation sites excluding steroid dienone is 1. The van der Waals surface area contributed by atoms with Crippen LogP contribution < -0.4 is 21.7 Å². The highest BCUT2D eigenvalue weighted by atomic mass is 16.5. The molecule has 0 radical (unpaired) electrons. The Morgan fingerprint density at radius 2 is 1.82 bits per heavy atom. The van der Waals surface area contributed by atoms with Crippen molar-refractivity contribution in [2.45, 2.75) is 75.8 Å². The molecule has 0 spiro atoms. The van der Waals surface area contributed by atoms with Gasteiger partial charge < -0.3 is 36.3 Å². The third-order valence-corrected chi connectivity index (χ3v) is 12.4. The number of anilines is 3. The molecule has 3 aliphatic heterocycles. The van der Waals surface area contributed by atoms with E-state index in [-0.39, 0.29) is 11.9 Å². The number of nitrogens with one attached hydrogen (secondary N) is 4. The van der Waals surface area contributed by atoms with E-state index in [4.69, 9.17) is 25.4 Å². The zero-order chi connectivity index (χ0) is 41.4. The lowest BCUT2D eigenvalue weighted by Crippen LogP contribution is -2.52. The van der Waals surface area contributed by atoms with E-state index in [9.17, 15) is 19.6 Å². The largest absolute Gasteiger partial charge is 0.404 e. The first-order chi connectivity index (χ1) is 29.4. The van der Waals surface area contributed by atoms with Crippen LogP contribution in [0.15, 0.2) is 65.9 Å². The Morgan fingerprint density at radius 3 is 2.58 bits per heavy atom. The highest BCUT2D eigenvalue weighted by Crippen LogP contribution is 2.34. The molecular weight excluding hydrogens is 759 g/mol. The number of carbonyl (C=O) groups is 3. The number of piperidine rings is 2. The number of likely N-dealkylation sites (tertiary alicyclic amines) is 1. The number of aromatic amines is 1. The number of aromatic nitrogens is 3. The highest BCUT2D eigenvalue weighted by molar-refractivity contribution is 6.25. The van der Waals surface area contributed by atoms with Crippen LogP contribution in [-0.4, -0.2) is 107 Å². The highest BCUT2D eigenvalue weighted by Gasteiger charge is 2.44. The van der Waals surface area contributed by atoms with Crippen molar-refractivity contribution in [2.24, 2.45) is 16.6 Å². The minimum absolute atomic E-state index is 0.0480. The molecule has 5 heterocycles. The second-order valence-corrected chi connectivity index (χ2v) is 16.1. The van der Waals surface area contributed by atoms with E-state index in [1.807, 2.05) is 12.3 Å². The van der Waals surface area contributed by atoms with E-state index < -0.39 is 17.9 Å². The SMILES string of the molecule is N#CCC(N=C/C(=C\N)c1nc(Nc2ccc(C3CCN(CCOCCNc4cccc5c4C(=O)N(C4CCCNC4=O)C5=O)CC3)cc2)nc2[nH]ccc12)C1CCCC1. The summed E-state index contributed by atoms with van der Waals surface area (Å²) in [6.45, 7) is 4.89. The van der Waals surface area contributed by atoms with Gasteiger partial charge in [0.15, 0.2) is 0 Å². The van der Waals surface area contributed by atoms with Crippen molar-refractivity contribution in [2.75, 3.05) is 56.6 Å². The van der Waals surface area contributed by atoms with E-state index in [1.165, 1.54) is 24.6 Å². The fraction of sp³-hybridized carbons (Fsp3) is 0.444. The number of H-pyrrole nitrogens is 1. The third-order valence-electron chi connectivity index (χ3n) is 12.4. The monoisotopic (exact) mass is 811 g/mol. The van der Waals surface area contributed by atoms with E-state index in [0.717, 1.165) is 67.7 Å². The van der Waals surface area contributed by atoms with Gasteiger partial charge in [0.05, 0.1) is 48.6 Å². The van der Waals surface area contributed by atoms with Gasteiger partial charge in [-0.15, -0.1) is 0 Å². The number of imide groups is 1. The summed E-state index contributed by atoms with van der Waals surface area (Å²) in [5, 5.41) is 19.7. The standard InChI is InChI=1S/C45H53N11O4/c46-18-14-36(31-5-1-2-6-31)51-28-32(27-47)40-35-15-20-49-41(35)54-45(53-40)52-33-12-10-29(11-13-33)30-16-22-55(23-17-30)24-26-60-25-21-48-37-8-3-7-34-39(37)44(59)56(43(34)58)38-9-4-19-50-42(38)57/h3,7-8,10-13,15,20,27-28,30-31,36,38,48H,1-2,4-6,9,14,16-17,19,21-26,47H2,(H,50,57)(H2,49,52,53,54)/b32-27+,51-28?. The predicted molar refractivity (Wildman–Crippen MR) is 231 cm³/mol. The van der Waals surface area contributed by atoms with Crippen LogP contribution in [0.2, 0.25) is 0 Å². The van der Waals surface area contributed by atoms with Gasteiger partial charge in [-0.3, -0.25) is 24.3 Å². The Labute approximate surface area is 349 Å². The van der Waals surface area contributed by atoms with Crippen LogP contribution >= 0.6 is 0 Å². The van der Waals surface area contributed by atoms with Crippen LogP contribution in [0.5, 0.6) is 0 Å². The molecule has 60 heavy (non-hydrogen) atoms. The van der Waals surface area contributed by atoms with Crippen LogP contribution in [-0.2, 0) is 9.53 Å². The molecule has 15 heteroatoms. The molecule has 15 nitrogen and oxygen atoms in total. The molecule has 1 saturated carbocycles. The van der Waals surface area contributed by atoms with Gasteiger partial charge >= 0.3 is 0 Å². The van der Waals surface area contributed by atoms with Crippen LogP contribution in [0.1, 0.15) is 95.7 Å². The average molecular weight is 812 g/mol. The number of nitrogens with zero attached hydrogens (tertiary/aromatic N) is 6. The normalized spacial score (nSPS) is 19.9. The Balaban J connectivity index is 0.788. The van der Waals surface area contributed by atoms with Crippen molar-refractivity contribution < 1.29 is 19.1 Å². The van der Waals surface area contributed by atoms with Crippen LogP contribution in [0, 0.1) is 17.2 Å². The summed E-state index contributed by atoms with van der Waals surface area (Å²) in [6, 6.07) is 17.1. The predicted octanol–water partition coefficient (Wildman–Crippen LogP) is 5.73. The van der Waals surface area contributed by atoms with Crippen molar-refractivity contribution in [1.29, 1.82) is 5.26 Å². The molecule has 4 aliphatic rings. The molecule has 8 rings (SSSR count). The molecule has 0 bridgehead atoms. The Morgan fingerprint density at radius 1 is 1.00 bits per heavy atom. The number of nitrogens with two attached hydrogens (primary N) is 1. The van der Waals surface area contributed by atoms with Gasteiger partial charge in [-0.1, -0.05) is 31.0 Å². The first kappa shape index (κ1) is 40.7. The third kappa shape index (κ3) is 8.90. The molecule has 2 atom stereocenters. The molecule has 2 saturated heterocycles. The summed E-state index contributed by atoms with van der Waals surface area (Å²) in [6.07, 6.45) is 13.4. The van der Waals surface area contributed by atoms with E-state index in [1.54, 1.807) is 24.4 Å². The zero-order valence-corrected chi connectivity index (χ0v) is 33.9. The summed E-state index contributed by atoms with van der Waals surface area (Å²) < 4.78 is 5.96. The first-order valence-corrected chi connectivity index (χ1v) is 21.3. The minimum atomic E-state index is -0.768. The summed E-state index contributed by atoms with van der Waals surface area (Å²) in [5.41, 5.74) is 11.6. The maximum atomic E-state index is 13.3. The van der Waals surface area contributed by atoms with Gasteiger partial charge in [0.25, 0.3) is 11.8 Å². The van der Waals surface area contributed by atoms with Crippen molar-refractivity contribution in [1.82, 2.24) is 30.1 Å². The van der Waals surface area contributed by atoms with E-state index in [2.05, 4.69) is 56.2 Å². The lowest BCUT2D eigenvalue weighted by molar-refractivity contribution is -0.126. The average Bonchev–Trinajstić information content (AvgIpc) is 4.04. The summed E-state index contributed by atoms with van der Waals surface area (Å²) in [4.78, 5) is 60.1. The van der Waals surface area contributed by atoms with Crippen molar-refractivity contribution >= 4 is 57.9 Å².